The number of hydrazone groups is 1. The normalized spacial score (nSPS) is 24.3. The lowest BCUT2D eigenvalue weighted by molar-refractivity contribution is -0.140. The maximum atomic E-state index is 6.60. The summed E-state index contributed by atoms with van der Waals surface area (Å²) in [5, 5.41) is 9.51. The Morgan fingerprint density at radius 2 is 2.08 bits per heavy atom. The number of hydrogen-bond donors (Lipinski definition) is 0. The van der Waals surface area contributed by atoms with Crippen molar-refractivity contribution >= 4 is 33.0 Å². The van der Waals surface area contributed by atoms with Gasteiger partial charge in [-0.3, -0.25) is 0 Å². The quantitative estimate of drug-likeness (QED) is 0.609. The molecule has 3 aliphatic rings. The van der Waals surface area contributed by atoms with E-state index in [2.05, 4.69) is 56.7 Å². The number of rotatable bonds is 1. The zero-order valence-electron chi connectivity index (χ0n) is 13.4. The second-order valence-corrected chi connectivity index (χ2v) is 8.74. The van der Waals surface area contributed by atoms with E-state index in [9.17, 15) is 0 Å². The van der Waals surface area contributed by atoms with Crippen LogP contribution in [0, 0.1) is 0 Å². The van der Waals surface area contributed by atoms with Gasteiger partial charge >= 0.3 is 0 Å². The molecule has 3 nitrogen and oxygen atoms in total. The molecule has 1 saturated carbocycles. The van der Waals surface area contributed by atoms with Crippen molar-refractivity contribution in [2.75, 3.05) is 0 Å². The van der Waals surface area contributed by atoms with Gasteiger partial charge in [0.05, 0.1) is 16.6 Å². The molecule has 5 heteroatoms. The molecule has 24 heavy (non-hydrogen) atoms. The van der Waals surface area contributed by atoms with Crippen LogP contribution in [0.25, 0.3) is 0 Å². The highest BCUT2D eigenvalue weighted by Gasteiger charge is 2.50. The Kier molecular flexibility index (Phi) is 3.49. The molecule has 0 N–H and O–H groups in total. The fourth-order valence-corrected chi connectivity index (χ4v) is 5.38. The third kappa shape index (κ3) is 2.25. The summed E-state index contributed by atoms with van der Waals surface area (Å²) in [6, 6.07) is 11.0. The van der Waals surface area contributed by atoms with E-state index >= 15 is 0 Å². The molecule has 0 bridgehead atoms. The molecule has 3 heterocycles. The number of thiophene rings is 1. The van der Waals surface area contributed by atoms with Crippen LogP contribution in [0.3, 0.4) is 0 Å². The van der Waals surface area contributed by atoms with Crippen molar-refractivity contribution in [2.45, 2.75) is 50.3 Å². The summed E-state index contributed by atoms with van der Waals surface area (Å²) in [5.74, 6) is 1.05. The summed E-state index contributed by atoms with van der Waals surface area (Å²) in [7, 11) is 0. The minimum absolute atomic E-state index is 0.247. The third-order valence-corrected chi connectivity index (χ3v) is 6.81. The number of benzene rings is 1. The summed E-state index contributed by atoms with van der Waals surface area (Å²) < 4.78 is 7.70. The van der Waals surface area contributed by atoms with Crippen LogP contribution in [-0.2, 0) is 0 Å². The smallest absolute Gasteiger partial charge is 0.198 e. The first-order valence-corrected chi connectivity index (χ1v) is 10.3. The Labute approximate surface area is 154 Å². The minimum atomic E-state index is -0.247. The standard InChI is InChI=1S/C19H19BrN2OS/c20-13-6-7-17-14(11-13)16-12-15(18-5-4-10-24-18)21-22(16)19(23-17)8-2-1-3-9-19/h4-7,10-11,16H,1-3,8-9,12H2/t16-/m0/s1. The average molecular weight is 403 g/mol. The lowest BCUT2D eigenvalue weighted by atomic mass is 9.87. The van der Waals surface area contributed by atoms with Crippen molar-refractivity contribution in [3.8, 4) is 5.75 Å². The SMILES string of the molecule is Brc1ccc2c(c1)[C@@H]1CC(c3cccs3)=NN1C1(CCCCC1)O2. The second kappa shape index (κ2) is 5.60. The monoisotopic (exact) mass is 402 g/mol. The first-order valence-electron chi connectivity index (χ1n) is 8.64. The highest BCUT2D eigenvalue weighted by atomic mass is 79.9. The van der Waals surface area contributed by atoms with E-state index in [0.29, 0.717) is 6.04 Å². The number of fused-ring (bicyclic) bond motifs is 4. The zero-order chi connectivity index (χ0) is 16.1. The summed E-state index contributed by atoms with van der Waals surface area (Å²) in [5.41, 5.74) is 2.22. The Morgan fingerprint density at radius 3 is 2.88 bits per heavy atom. The Morgan fingerprint density at radius 1 is 1.21 bits per heavy atom. The van der Waals surface area contributed by atoms with E-state index in [1.165, 1.54) is 35.4 Å². The van der Waals surface area contributed by atoms with E-state index in [1.54, 1.807) is 11.3 Å². The molecule has 1 aromatic heterocycles. The molecule has 1 spiro atoms. The Balaban J connectivity index is 1.62. The van der Waals surface area contributed by atoms with Crippen LogP contribution < -0.4 is 4.74 Å². The van der Waals surface area contributed by atoms with Crippen LogP contribution in [0.1, 0.15) is 55.0 Å². The van der Waals surface area contributed by atoms with E-state index in [4.69, 9.17) is 9.84 Å². The first kappa shape index (κ1) is 15.0. The number of hydrogen-bond acceptors (Lipinski definition) is 4. The molecule has 1 fully saturated rings. The van der Waals surface area contributed by atoms with E-state index in [1.807, 2.05) is 0 Å². The highest BCUT2D eigenvalue weighted by molar-refractivity contribution is 9.10. The minimum Gasteiger partial charge on any atom is -0.466 e. The van der Waals surface area contributed by atoms with Crippen LogP contribution in [-0.4, -0.2) is 16.4 Å². The van der Waals surface area contributed by atoms with Gasteiger partial charge in [-0.15, -0.1) is 11.3 Å². The van der Waals surface area contributed by atoms with Crippen LogP contribution >= 0.6 is 27.3 Å². The lowest BCUT2D eigenvalue weighted by Gasteiger charge is -2.49. The second-order valence-electron chi connectivity index (χ2n) is 6.88. The molecule has 0 radical (unpaired) electrons. The molecule has 1 aliphatic carbocycles. The molecule has 0 saturated heterocycles. The Hall–Kier alpha value is -1.33. The van der Waals surface area contributed by atoms with Gasteiger partial charge in [0.25, 0.3) is 0 Å². The molecule has 2 aromatic rings. The summed E-state index contributed by atoms with van der Waals surface area (Å²) in [4.78, 5) is 1.28. The molecule has 5 rings (SSSR count). The summed E-state index contributed by atoms with van der Waals surface area (Å²) >= 11 is 5.40. The van der Waals surface area contributed by atoms with Crippen molar-refractivity contribution < 1.29 is 4.74 Å². The van der Waals surface area contributed by atoms with Gasteiger partial charge in [-0.1, -0.05) is 28.4 Å². The molecule has 1 atom stereocenters. The first-order chi connectivity index (χ1) is 11.8. The fraction of sp³-hybridized carbons (Fsp3) is 0.421. The van der Waals surface area contributed by atoms with Crippen molar-refractivity contribution in [3.63, 3.8) is 0 Å². The van der Waals surface area contributed by atoms with Crippen LogP contribution in [0.15, 0.2) is 45.3 Å². The molecule has 1 aromatic carbocycles. The molecule has 0 amide bonds. The largest absolute Gasteiger partial charge is 0.466 e. The van der Waals surface area contributed by atoms with Crippen LogP contribution in [0.2, 0.25) is 0 Å². The van der Waals surface area contributed by atoms with Gasteiger partial charge in [0.15, 0.2) is 5.72 Å². The molecule has 124 valence electrons. The van der Waals surface area contributed by atoms with Crippen molar-refractivity contribution in [1.29, 1.82) is 0 Å². The van der Waals surface area contributed by atoms with E-state index in [-0.39, 0.29) is 5.72 Å². The topological polar surface area (TPSA) is 24.8 Å². The molecular formula is C19H19BrN2OS. The van der Waals surface area contributed by atoms with Gasteiger partial charge in [-0.25, -0.2) is 5.01 Å². The highest BCUT2D eigenvalue weighted by Crippen LogP contribution is 2.51. The third-order valence-electron chi connectivity index (χ3n) is 5.40. The molecule has 0 unspecified atom stereocenters. The van der Waals surface area contributed by atoms with Gasteiger partial charge in [0, 0.05) is 29.3 Å². The van der Waals surface area contributed by atoms with Crippen molar-refractivity contribution in [3.05, 3.63) is 50.6 Å². The number of ether oxygens (including phenoxy) is 1. The van der Waals surface area contributed by atoms with Gasteiger partial charge < -0.3 is 4.74 Å². The van der Waals surface area contributed by atoms with Crippen molar-refractivity contribution in [1.82, 2.24) is 5.01 Å². The predicted octanol–water partition coefficient (Wildman–Crippen LogP) is 5.71. The van der Waals surface area contributed by atoms with Gasteiger partial charge in [0.1, 0.15) is 5.75 Å². The van der Waals surface area contributed by atoms with E-state index < -0.39 is 0 Å². The van der Waals surface area contributed by atoms with Gasteiger partial charge in [0.2, 0.25) is 0 Å². The summed E-state index contributed by atoms with van der Waals surface area (Å²) in [6.45, 7) is 0. The molecule has 2 aliphatic heterocycles. The fourth-order valence-electron chi connectivity index (χ4n) is 4.28. The Bertz CT molecular complexity index is 796. The number of nitrogens with zero attached hydrogens (tertiary/aromatic N) is 2. The molecular weight excluding hydrogens is 384 g/mol. The number of halogens is 1. The van der Waals surface area contributed by atoms with E-state index in [0.717, 1.165) is 29.5 Å². The lowest BCUT2D eigenvalue weighted by Crippen LogP contribution is -2.54. The predicted molar refractivity (Wildman–Crippen MR) is 101 cm³/mol. The summed E-state index contributed by atoms with van der Waals surface area (Å²) in [6.07, 6.45) is 6.85. The zero-order valence-corrected chi connectivity index (χ0v) is 15.8. The van der Waals surface area contributed by atoms with Crippen molar-refractivity contribution in [2.24, 2.45) is 5.10 Å². The average Bonchev–Trinajstić information content (AvgIpc) is 3.26. The maximum Gasteiger partial charge on any atom is 0.198 e. The van der Waals surface area contributed by atoms with Crippen LogP contribution in [0.5, 0.6) is 5.75 Å². The van der Waals surface area contributed by atoms with Gasteiger partial charge in [-0.2, -0.15) is 5.10 Å². The maximum absolute atomic E-state index is 6.60. The van der Waals surface area contributed by atoms with Gasteiger partial charge in [-0.05, 0) is 42.5 Å². The van der Waals surface area contributed by atoms with Crippen LogP contribution in [0.4, 0.5) is 0 Å².